The Bertz CT molecular complexity index is 619. The third-order valence-electron chi connectivity index (χ3n) is 5.04. The van der Waals surface area contributed by atoms with Gasteiger partial charge in [-0.2, -0.15) is 0 Å². The largest absolute Gasteiger partial charge is 0.484 e. The van der Waals surface area contributed by atoms with Gasteiger partial charge in [-0.1, -0.05) is 6.07 Å². The normalized spacial score (nSPS) is 24.3. The van der Waals surface area contributed by atoms with E-state index in [2.05, 4.69) is 11.9 Å². The van der Waals surface area contributed by atoms with Crippen molar-refractivity contribution < 1.29 is 14.3 Å². The van der Waals surface area contributed by atoms with E-state index in [4.69, 9.17) is 10.5 Å². The van der Waals surface area contributed by atoms with Gasteiger partial charge in [0.25, 0.3) is 11.8 Å². The second kappa shape index (κ2) is 7.21. The average molecular weight is 331 g/mol. The summed E-state index contributed by atoms with van der Waals surface area (Å²) in [5.41, 5.74) is 5.70. The van der Waals surface area contributed by atoms with E-state index in [1.807, 2.05) is 4.90 Å². The predicted molar refractivity (Wildman–Crippen MR) is 90.8 cm³/mol. The minimum atomic E-state index is -0.532. The molecule has 2 aliphatic rings. The van der Waals surface area contributed by atoms with E-state index in [0.717, 1.165) is 32.4 Å². The van der Waals surface area contributed by atoms with Crippen LogP contribution in [0.2, 0.25) is 0 Å². The van der Waals surface area contributed by atoms with Gasteiger partial charge in [0.05, 0.1) is 0 Å². The molecule has 3 rings (SSSR count). The van der Waals surface area contributed by atoms with Crippen LogP contribution in [0.25, 0.3) is 0 Å². The highest BCUT2D eigenvalue weighted by Gasteiger charge is 2.38. The van der Waals surface area contributed by atoms with Crippen molar-refractivity contribution in [3.8, 4) is 5.75 Å². The summed E-state index contributed by atoms with van der Waals surface area (Å²) in [6.07, 6.45) is 4.49. The number of ether oxygens (including phenoxy) is 1. The standard InChI is InChI=1S/C18H25N3O3/c1-20-9-3-7-15(20)16-8-4-10-21(16)18(23)13-5-2-6-14(11-13)24-12-17(19)22/h2,5-6,11,15-16H,3-4,7-10,12H2,1H3,(H2,19,22)/t15-,16-/m1/s1. The van der Waals surface area contributed by atoms with E-state index in [1.165, 1.54) is 6.42 Å². The Morgan fingerprint density at radius 2 is 1.96 bits per heavy atom. The van der Waals surface area contributed by atoms with Crippen LogP contribution in [0.5, 0.6) is 5.75 Å². The zero-order valence-corrected chi connectivity index (χ0v) is 14.1. The van der Waals surface area contributed by atoms with Crippen LogP contribution < -0.4 is 10.5 Å². The second-order valence-corrected chi connectivity index (χ2v) is 6.68. The van der Waals surface area contributed by atoms with Crippen LogP contribution in [0.3, 0.4) is 0 Å². The van der Waals surface area contributed by atoms with Gasteiger partial charge in [0.1, 0.15) is 5.75 Å². The minimum absolute atomic E-state index is 0.0438. The molecule has 2 saturated heterocycles. The number of amides is 2. The molecule has 2 amide bonds. The Kier molecular flexibility index (Phi) is 5.04. The first-order valence-electron chi connectivity index (χ1n) is 8.58. The number of nitrogens with two attached hydrogens (primary N) is 1. The summed E-state index contributed by atoms with van der Waals surface area (Å²) < 4.78 is 5.31. The van der Waals surface area contributed by atoms with Crippen LogP contribution in [-0.2, 0) is 4.79 Å². The van der Waals surface area contributed by atoms with Crippen molar-refractivity contribution in [1.82, 2.24) is 9.80 Å². The molecule has 6 heteroatoms. The van der Waals surface area contributed by atoms with Crippen molar-refractivity contribution in [3.05, 3.63) is 29.8 Å². The minimum Gasteiger partial charge on any atom is -0.484 e. The van der Waals surface area contributed by atoms with Gasteiger partial charge in [0.15, 0.2) is 6.61 Å². The summed E-state index contributed by atoms with van der Waals surface area (Å²) >= 11 is 0. The topological polar surface area (TPSA) is 75.9 Å². The van der Waals surface area contributed by atoms with Gasteiger partial charge in [0.2, 0.25) is 0 Å². The third kappa shape index (κ3) is 3.53. The number of rotatable bonds is 5. The number of likely N-dealkylation sites (N-methyl/N-ethyl adjacent to an activating group) is 1. The molecule has 6 nitrogen and oxygen atoms in total. The molecule has 2 aliphatic heterocycles. The Morgan fingerprint density at radius 3 is 2.67 bits per heavy atom. The molecule has 24 heavy (non-hydrogen) atoms. The van der Waals surface area contributed by atoms with Gasteiger partial charge in [0, 0.05) is 24.2 Å². The number of hydrogen-bond acceptors (Lipinski definition) is 4. The van der Waals surface area contributed by atoms with Crippen molar-refractivity contribution in [2.75, 3.05) is 26.7 Å². The molecule has 1 aromatic carbocycles. The quantitative estimate of drug-likeness (QED) is 0.881. The molecule has 0 aromatic heterocycles. The number of benzene rings is 1. The zero-order chi connectivity index (χ0) is 17.1. The molecule has 2 fully saturated rings. The zero-order valence-electron chi connectivity index (χ0n) is 14.1. The first kappa shape index (κ1) is 16.8. The lowest BCUT2D eigenvalue weighted by Crippen LogP contribution is -2.47. The van der Waals surface area contributed by atoms with E-state index >= 15 is 0 Å². The second-order valence-electron chi connectivity index (χ2n) is 6.68. The van der Waals surface area contributed by atoms with Crippen molar-refractivity contribution in [1.29, 1.82) is 0 Å². The maximum atomic E-state index is 13.0. The molecule has 130 valence electrons. The van der Waals surface area contributed by atoms with Crippen molar-refractivity contribution in [2.45, 2.75) is 37.8 Å². The highest BCUT2D eigenvalue weighted by molar-refractivity contribution is 5.95. The van der Waals surface area contributed by atoms with Crippen LogP contribution in [0, 0.1) is 0 Å². The molecule has 0 aliphatic carbocycles. The molecular weight excluding hydrogens is 306 g/mol. The predicted octanol–water partition coefficient (Wildman–Crippen LogP) is 1.25. The van der Waals surface area contributed by atoms with Crippen LogP contribution in [0.4, 0.5) is 0 Å². The Morgan fingerprint density at radius 1 is 1.21 bits per heavy atom. The SMILES string of the molecule is CN1CCC[C@@H]1[C@H]1CCCN1C(=O)c1cccc(OCC(N)=O)c1. The van der Waals surface area contributed by atoms with Crippen LogP contribution in [0.1, 0.15) is 36.0 Å². The summed E-state index contributed by atoms with van der Waals surface area (Å²) in [6.45, 7) is 1.73. The maximum Gasteiger partial charge on any atom is 0.255 e. The highest BCUT2D eigenvalue weighted by Crippen LogP contribution is 2.30. The van der Waals surface area contributed by atoms with Gasteiger partial charge < -0.3 is 20.3 Å². The molecular formula is C18H25N3O3. The summed E-state index contributed by atoms with van der Waals surface area (Å²) in [5.74, 6) is 0.00585. The number of nitrogens with zero attached hydrogens (tertiary/aromatic N) is 2. The lowest BCUT2D eigenvalue weighted by Gasteiger charge is -2.33. The number of likely N-dealkylation sites (tertiary alicyclic amines) is 2. The Labute approximate surface area is 142 Å². The van der Waals surface area contributed by atoms with Crippen molar-refractivity contribution in [3.63, 3.8) is 0 Å². The molecule has 0 radical (unpaired) electrons. The number of carbonyl (C=O) groups excluding carboxylic acids is 2. The van der Waals surface area contributed by atoms with Crippen LogP contribution >= 0.6 is 0 Å². The first-order valence-corrected chi connectivity index (χ1v) is 8.58. The van der Waals surface area contributed by atoms with Gasteiger partial charge in [-0.15, -0.1) is 0 Å². The molecule has 0 saturated carbocycles. The number of carbonyl (C=O) groups is 2. The molecule has 1 aromatic rings. The molecule has 2 N–H and O–H groups in total. The fourth-order valence-electron chi connectivity index (χ4n) is 3.91. The molecule has 0 bridgehead atoms. The van der Waals surface area contributed by atoms with E-state index in [9.17, 15) is 9.59 Å². The monoisotopic (exact) mass is 331 g/mol. The van der Waals surface area contributed by atoms with Crippen LogP contribution in [-0.4, -0.2) is 60.4 Å². The molecule has 2 heterocycles. The van der Waals surface area contributed by atoms with Gasteiger partial charge in [-0.25, -0.2) is 0 Å². The summed E-state index contributed by atoms with van der Waals surface area (Å²) in [5, 5.41) is 0. The average Bonchev–Trinajstić information content (AvgIpc) is 3.20. The van der Waals surface area contributed by atoms with E-state index in [1.54, 1.807) is 24.3 Å². The van der Waals surface area contributed by atoms with E-state index in [-0.39, 0.29) is 12.5 Å². The van der Waals surface area contributed by atoms with Crippen molar-refractivity contribution in [2.24, 2.45) is 5.73 Å². The molecule has 2 atom stereocenters. The molecule has 0 spiro atoms. The van der Waals surface area contributed by atoms with Gasteiger partial charge >= 0.3 is 0 Å². The fourth-order valence-corrected chi connectivity index (χ4v) is 3.91. The van der Waals surface area contributed by atoms with E-state index in [0.29, 0.717) is 23.4 Å². The van der Waals surface area contributed by atoms with Crippen LogP contribution in [0.15, 0.2) is 24.3 Å². The molecule has 0 unspecified atom stereocenters. The number of hydrogen-bond donors (Lipinski definition) is 1. The smallest absolute Gasteiger partial charge is 0.255 e. The lowest BCUT2D eigenvalue weighted by atomic mass is 10.0. The Hall–Kier alpha value is -2.08. The third-order valence-corrected chi connectivity index (χ3v) is 5.04. The fraction of sp³-hybridized carbons (Fsp3) is 0.556. The van der Waals surface area contributed by atoms with Gasteiger partial charge in [-0.05, 0) is 57.5 Å². The maximum absolute atomic E-state index is 13.0. The first-order chi connectivity index (χ1) is 11.6. The number of primary amides is 1. The lowest BCUT2D eigenvalue weighted by molar-refractivity contribution is -0.119. The van der Waals surface area contributed by atoms with E-state index < -0.39 is 5.91 Å². The Balaban J connectivity index is 1.73. The summed E-state index contributed by atoms with van der Waals surface area (Å²) in [7, 11) is 2.15. The summed E-state index contributed by atoms with van der Waals surface area (Å²) in [6, 6.07) is 7.75. The van der Waals surface area contributed by atoms with Crippen molar-refractivity contribution >= 4 is 11.8 Å². The summed E-state index contributed by atoms with van der Waals surface area (Å²) in [4.78, 5) is 28.2. The highest BCUT2D eigenvalue weighted by atomic mass is 16.5. The van der Waals surface area contributed by atoms with Gasteiger partial charge in [-0.3, -0.25) is 9.59 Å².